The Balaban J connectivity index is 1.64. The maximum absolute atomic E-state index is 13.2. The number of carbonyl (C=O) groups excluding carboxylic acids is 1. The van der Waals surface area contributed by atoms with Gasteiger partial charge in [-0.2, -0.15) is 4.98 Å². The molecule has 0 radical (unpaired) electrons. The number of halogens is 1. The lowest BCUT2D eigenvalue weighted by molar-refractivity contribution is 0.00911. The molecule has 1 aromatic heterocycles. The maximum Gasteiger partial charge on any atom is 0.319 e. The van der Waals surface area contributed by atoms with Crippen LogP contribution in [0.25, 0.3) is 11.4 Å². The van der Waals surface area contributed by atoms with Gasteiger partial charge < -0.3 is 19.1 Å². The summed E-state index contributed by atoms with van der Waals surface area (Å²) in [6, 6.07) is 5.99. The number of likely N-dealkylation sites (tertiary alicyclic amines) is 1. The number of carbonyl (C=O) groups is 1. The van der Waals surface area contributed by atoms with Crippen LogP contribution in [0.2, 0.25) is 0 Å². The van der Waals surface area contributed by atoms with E-state index in [0.717, 1.165) is 12.8 Å². The van der Waals surface area contributed by atoms with E-state index in [1.807, 2.05) is 4.90 Å². The second kappa shape index (κ2) is 6.92. The van der Waals surface area contributed by atoms with Gasteiger partial charge in [-0.15, -0.1) is 0 Å². The van der Waals surface area contributed by atoms with Gasteiger partial charge in [-0.1, -0.05) is 5.16 Å². The third kappa shape index (κ3) is 3.29. The van der Waals surface area contributed by atoms with Crippen molar-refractivity contribution >= 4 is 6.03 Å². The molecule has 27 heavy (non-hydrogen) atoms. The highest BCUT2D eigenvalue weighted by atomic mass is 19.1. The molecule has 8 heteroatoms. The Labute approximate surface area is 157 Å². The fraction of sp³-hybridized carbons (Fsp3) is 0.526. The Morgan fingerprint density at radius 3 is 2.63 bits per heavy atom. The zero-order valence-corrected chi connectivity index (χ0v) is 15.5. The summed E-state index contributed by atoms with van der Waals surface area (Å²) in [5.41, 5.74) is 0.586. The van der Waals surface area contributed by atoms with Crippen LogP contribution >= 0.6 is 0 Å². The van der Waals surface area contributed by atoms with Crippen molar-refractivity contribution in [1.82, 2.24) is 19.9 Å². The number of rotatable bonds is 2. The van der Waals surface area contributed by atoms with Crippen LogP contribution in [0, 0.1) is 11.2 Å². The quantitative estimate of drug-likeness (QED) is 0.808. The molecule has 7 nitrogen and oxygen atoms in total. The molecule has 2 aromatic rings. The first-order valence-electron chi connectivity index (χ1n) is 9.12. The van der Waals surface area contributed by atoms with Gasteiger partial charge in [-0.25, -0.2) is 9.18 Å². The smallest absolute Gasteiger partial charge is 0.319 e. The van der Waals surface area contributed by atoms with Gasteiger partial charge in [0.05, 0.1) is 5.92 Å². The third-order valence-electron chi connectivity index (χ3n) is 5.63. The molecule has 0 aliphatic carbocycles. The molecular formula is C19H23FN4O3. The molecule has 4 rings (SSSR count). The molecule has 1 spiro atoms. The van der Waals surface area contributed by atoms with Gasteiger partial charge in [0.25, 0.3) is 0 Å². The molecule has 0 bridgehead atoms. The summed E-state index contributed by atoms with van der Waals surface area (Å²) >= 11 is 0. The lowest BCUT2D eigenvalue weighted by Gasteiger charge is -2.36. The van der Waals surface area contributed by atoms with Gasteiger partial charge in [0.15, 0.2) is 0 Å². The van der Waals surface area contributed by atoms with E-state index in [4.69, 9.17) is 9.26 Å². The highest BCUT2D eigenvalue weighted by Gasteiger charge is 2.51. The predicted octanol–water partition coefficient (Wildman–Crippen LogP) is 2.75. The number of amides is 2. The van der Waals surface area contributed by atoms with Crippen LogP contribution in [0.3, 0.4) is 0 Å². The Morgan fingerprint density at radius 1 is 1.26 bits per heavy atom. The summed E-state index contributed by atoms with van der Waals surface area (Å²) in [5.74, 6) is 0.624. The minimum atomic E-state index is -0.308. The zero-order valence-electron chi connectivity index (χ0n) is 15.5. The molecule has 1 atom stereocenters. The van der Waals surface area contributed by atoms with E-state index in [2.05, 4.69) is 10.1 Å². The lowest BCUT2D eigenvalue weighted by Crippen LogP contribution is -2.40. The van der Waals surface area contributed by atoms with Crippen molar-refractivity contribution in [2.45, 2.75) is 18.8 Å². The summed E-state index contributed by atoms with van der Waals surface area (Å²) in [6.45, 7) is 2.53. The second-order valence-electron chi connectivity index (χ2n) is 7.55. The van der Waals surface area contributed by atoms with Crippen molar-refractivity contribution < 1.29 is 18.4 Å². The lowest BCUT2D eigenvalue weighted by atomic mass is 9.72. The fourth-order valence-corrected chi connectivity index (χ4v) is 4.11. The minimum Gasteiger partial charge on any atom is -0.381 e. The maximum atomic E-state index is 13.2. The summed E-state index contributed by atoms with van der Waals surface area (Å²) in [4.78, 5) is 20.6. The highest BCUT2D eigenvalue weighted by molar-refractivity contribution is 5.74. The Kier molecular flexibility index (Phi) is 4.59. The van der Waals surface area contributed by atoms with Crippen LogP contribution in [0.1, 0.15) is 24.7 Å². The average Bonchev–Trinajstić information content (AvgIpc) is 3.28. The second-order valence-corrected chi connectivity index (χ2v) is 7.55. The third-order valence-corrected chi connectivity index (χ3v) is 5.63. The summed E-state index contributed by atoms with van der Waals surface area (Å²) < 4.78 is 24.3. The van der Waals surface area contributed by atoms with Gasteiger partial charge in [-0.3, -0.25) is 0 Å². The Morgan fingerprint density at radius 2 is 1.96 bits per heavy atom. The van der Waals surface area contributed by atoms with Crippen LogP contribution in [-0.2, 0) is 4.74 Å². The molecular weight excluding hydrogens is 351 g/mol. The molecule has 0 saturated carbocycles. The van der Waals surface area contributed by atoms with Crippen LogP contribution in [-0.4, -0.2) is 66.4 Å². The number of hydrogen-bond donors (Lipinski definition) is 0. The molecule has 2 saturated heterocycles. The van der Waals surface area contributed by atoms with Crippen molar-refractivity contribution in [3.8, 4) is 11.4 Å². The average molecular weight is 374 g/mol. The van der Waals surface area contributed by atoms with E-state index < -0.39 is 0 Å². The molecule has 2 fully saturated rings. The molecule has 144 valence electrons. The normalized spacial score (nSPS) is 21.6. The van der Waals surface area contributed by atoms with E-state index in [1.54, 1.807) is 31.1 Å². The van der Waals surface area contributed by atoms with Crippen molar-refractivity contribution in [3.63, 3.8) is 0 Å². The van der Waals surface area contributed by atoms with E-state index in [-0.39, 0.29) is 23.2 Å². The topological polar surface area (TPSA) is 71.7 Å². The SMILES string of the molecule is CN(C)C(=O)N1C[C@H](c2nc(-c3ccc(F)cc3)no2)C2(CCOCC2)C1. The van der Waals surface area contributed by atoms with Gasteiger partial charge in [0, 0.05) is 51.4 Å². The Hall–Kier alpha value is -2.48. The van der Waals surface area contributed by atoms with Gasteiger partial charge in [0.1, 0.15) is 5.82 Å². The molecule has 1 aromatic carbocycles. The standard InChI is InChI=1S/C19H23FN4O3/c1-23(2)18(25)24-11-15(19(12-24)7-9-26-10-8-19)17-21-16(22-27-17)13-3-5-14(20)6-4-13/h3-6,15H,7-12H2,1-2H3/t15-/m1/s1. The number of ether oxygens (including phenoxy) is 1. The van der Waals surface area contributed by atoms with Crippen LogP contribution in [0.5, 0.6) is 0 Å². The molecule has 0 N–H and O–H groups in total. The number of urea groups is 1. The van der Waals surface area contributed by atoms with Crippen molar-refractivity contribution in [1.29, 1.82) is 0 Å². The van der Waals surface area contributed by atoms with E-state index >= 15 is 0 Å². The highest BCUT2D eigenvalue weighted by Crippen LogP contribution is 2.49. The Bertz CT molecular complexity index is 815. The van der Waals surface area contributed by atoms with Crippen LogP contribution in [0.15, 0.2) is 28.8 Å². The number of nitrogens with zero attached hydrogens (tertiary/aromatic N) is 4. The van der Waals surface area contributed by atoms with Gasteiger partial charge in [0.2, 0.25) is 11.7 Å². The van der Waals surface area contributed by atoms with Crippen molar-refractivity contribution in [3.05, 3.63) is 36.0 Å². The summed E-state index contributed by atoms with van der Waals surface area (Å²) in [7, 11) is 3.51. The summed E-state index contributed by atoms with van der Waals surface area (Å²) in [6.07, 6.45) is 1.70. The number of benzene rings is 1. The van der Waals surface area contributed by atoms with E-state index in [9.17, 15) is 9.18 Å². The molecule has 0 unspecified atom stereocenters. The van der Waals surface area contributed by atoms with E-state index in [1.165, 1.54) is 12.1 Å². The summed E-state index contributed by atoms with van der Waals surface area (Å²) in [5, 5.41) is 4.09. The first-order valence-corrected chi connectivity index (χ1v) is 9.12. The monoisotopic (exact) mass is 374 g/mol. The minimum absolute atomic E-state index is 0.0124. The van der Waals surface area contributed by atoms with Gasteiger partial charge >= 0.3 is 6.03 Å². The predicted molar refractivity (Wildman–Crippen MR) is 95.6 cm³/mol. The van der Waals surface area contributed by atoms with Crippen molar-refractivity contribution in [2.24, 2.45) is 5.41 Å². The largest absolute Gasteiger partial charge is 0.381 e. The van der Waals surface area contributed by atoms with Crippen molar-refractivity contribution in [2.75, 3.05) is 40.4 Å². The van der Waals surface area contributed by atoms with Crippen LogP contribution in [0.4, 0.5) is 9.18 Å². The van der Waals surface area contributed by atoms with E-state index in [0.29, 0.717) is 43.6 Å². The first kappa shape index (κ1) is 17.9. The molecule has 2 aliphatic heterocycles. The molecule has 2 aliphatic rings. The zero-order chi connectivity index (χ0) is 19.0. The van der Waals surface area contributed by atoms with Gasteiger partial charge in [-0.05, 0) is 37.1 Å². The van der Waals surface area contributed by atoms with Crippen LogP contribution < -0.4 is 0 Å². The first-order chi connectivity index (χ1) is 13.0. The number of hydrogen-bond acceptors (Lipinski definition) is 5. The number of aromatic nitrogens is 2. The molecule has 2 amide bonds. The fourth-order valence-electron chi connectivity index (χ4n) is 4.11. The molecule has 3 heterocycles.